The van der Waals surface area contributed by atoms with Crippen molar-refractivity contribution in [2.24, 2.45) is 0 Å². The van der Waals surface area contributed by atoms with E-state index in [4.69, 9.17) is 24.7 Å². The van der Waals surface area contributed by atoms with Gasteiger partial charge in [-0.3, -0.25) is 0 Å². The molecule has 1 aromatic heterocycles. The standard InChI is InChI=1S/C14H16N2O4/c1-17-9-6-10(18-2)8-11(7-9)20-13-5-4-12(15)14(16-13)19-3/h4-8H,15H2,1-3H3. The monoisotopic (exact) mass is 276 g/mol. The molecule has 0 spiro atoms. The molecule has 0 unspecified atom stereocenters. The minimum Gasteiger partial charge on any atom is -0.496 e. The third-order valence-electron chi connectivity index (χ3n) is 2.60. The average Bonchev–Trinajstić information content (AvgIpc) is 2.48. The lowest BCUT2D eigenvalue weighted by Gasteiger charge is -2.10. The first kappa shape index (κ1) is 13.8. The second kappa shape index (κ2) is 6.01. The molecule has 0 saturated carbocycles. The van der Waals surface area contributed by atoms with Crippen LogP contribution in [-0.2, 0) is 0 Å². The summed E-state index contributed by atoms with van der Waals surface area (Å²) in [4.78, 5) is 4.15. The Hall–Kier alpha value is -2.63. The molecule has 1 heterocycles. The van der Waals surface area contributed by atoms with Crippen molar-refractivity contribution < 1.29 is 18.9 Å². The van der Waals surface area contributed by atoms with Gasteiger partial charge in [0.1, 0.15) is 17.2 Å². The summed E-state index contributed by atoms with van der Waals surface area (Å²) in [5, 5.41) is 0. The van der Waals surface area contributed by atoms with Crippen LogP contribution in [0.25, 0.3) is 0 Å². The smallest absolute Gasteiger partial charge is 0.240 e. The molecule has 0 fully saturated rings. The number of nitrogens with two attached hydrogens (primary N) is 1. The molecule has 2 N–H and O–H groups in total. The van der Waals surface area contributed by atoms with E-state index in [2.05, 4.69) is 4.98 Å². The molecule has 0 amide bonds. The molecule has 6 nitrogen and oxygen atoms in total. The first-order valence-corrected chi connectivity index (χ1v) is 5.87. The van der Waals surface area contributed by atoms with Gasteiger partial charge < -0.3 is 24.7 Å². The topological polar surface area (TPSA) is 75.8 Å². The predicted octanol–water partition coefficient (Wildman–Crippen LogP) is 2.48. The van der Waals surface area contributed by atoms with Crippen molar-refractivity contribution >= 4 is 5.69 Å². The average molecular weight is 276 g/mol. The SMILES string of the molecule is COc1cc(OC)cc(Oc2ccc(N)c(OC)n2)c1. The summed E-state index contributed by atoms with van der Waals surface area (Å²) in [6.07, 6.45) is 0. The third kappa shape index (κ3) is 3.03. The molecule has 2 rings (SSSR count). The molecule has 6 heteroatoms. The van der Waals surface area contributed by atoms with E-state index in [-0.39, 0.29) is 0 Å². The number of hydrogen-bond donors (Lipinski definition) is 1. The lowest BCUT2D eigenvalue weighted by molar-refractivity contribution is 0.376. The molecule has 0 aliphatic heterocycles. The fraction of sp³-hybridized carbons (Fsp3) is 0.214. The number of aromatic nitrogens is 1. The van der Waals surface area contributed by atoms with Crippen molar-refractivity contribution in [2.75, 3.05) is 27.1 Å². The molecule has 0 atom stereocenters. The van der Waals surface area contributed by atoms with Gasteiger partial charge in [-0.25, -0.2) is 0 Å². The highest BCUT2D eigenvalue weighted by molar-refractivity contribution is 5.50. The van der Waals surface area contributed by atoms with Crippen LogP contribution >= 0.6 is 0 Å². The minimum absolute atomic E-state index is 0.317. The number of ether oxygens (including phenoxy) is 4. The summed E-state index contributed by atoms with van der Waals surface area (Å²) in [6, 6.07) is 8.53. The molecular formula is C14H16N2O4. The van der Waals surface area contributed by atoms with E-state index in [9.17, 15) is 0 Å². The maximum Gasteiger partial charge on any atom is 0.240 e. The minimum atomic E-state index is 0.317. The zero-order valence-electron chi connectivity index (χ0n) is 11.5. The molecular weight excluding hydrogens is 260 g/mol. The fourth-order valence-corrected chi connectivity index (χ4v) is 1.62. The summed E-state index contributed by atoms with van der Waals surface area (Å²) in [5.41, 5.74) is 6.15. The molecule has 2 aromatic rings. The van der Waals surface area contributed by atoms with Crippen molar-refractivity contribution in [3.8, 4) is 29.0 Å². The van der Waals surface area contributed by atoms with Gasteiger partial charge in [0.05, 0.1) is 27.0 Å². The Labute approximate surface area is 117 Å². The normalized spacial score (nSPS) is 9.95. The Kier molecular flexibility index (Phi) is 4.14. The van der Waals surface area contributed by atoms with Gasteiger partial charge in [0.2, 0.25) is 11.8 Å². The highest BCUT2D eigenvalue weighted by Gasteiger charge is 2.07. The van der Waals surface area contributed by atoms with Gasteiger partial charge in [0.25, 0.3) is 0 Å². The lowest BCUT2D eigenvalue weighted by atomic mass is 10.3. The molecule has 20 heavy (non-hydrogen) atoms. The van der Waals surface area contributed by atoms with Gasteiger partial charge in [-0.15, -0.1) is 0 Å². The Morgan fingerprint density at radius 3 is 2.00 bits per heavy atom. The van der Waals surface area contributed by atoms with Crippen molar-refractivity contribution in [2.45, 2.75) is 0 Å². The Morgan fingerprint density at radius 1 is 0.850 bits per heavy atom. The van der Waals surface area contributed by atoms with Crippen LogP contribution < -0.4 is 24.7 Å². The predicted molar refractivity (Wildman–Crippen MR) is 74.8 cm³/mol. The summed E-state index contributed by atoms with van der Waals surface area (Å²) >= 11 is 0. The highest BCUT2D eigenvalue weighted by atomic mass is 16.5. The molecule has 106 valence electrons. The summed E-state index contributed by atoms with van der Waals surface area (Å²) in [7, 11) is 4.64. The van der Waals surface area contributed by atoms with Crippen molar-refractivity contribution in [1.29, 1.82) is 0 Å². The molecule has 0 radical (unpaired) electrons. The lowest BCUT2D eigenvalue weighted by Crippen LogP contribution is -1.97. The van der Waals surface area contributed by atoms with Crippen molar-refractivity contribution in [3.05, 3.63) is 30.3 Å². The van der Waals surface area contributed by atoms with Gasteiger partial charge in [-0.05, 0) is 6.07 Å². The Bertz CT molecular complexity index is 579. The quantitative estimate of drug-likeness (QED) is 0.904. The summed E-state index contributed by atoms with van der Waals surface area (Å²) in [5.74, 6) is 2.48. The highest BCUT2D eigenvalue weighted by Crippen LogP contribution is 2.31. The largest absolute Gasteiger partial charge is 0.496 e. The maximum absolute atomic E-state index is 5.70. The van der Waals surface area contributed by atoms with Crippen LogP contribution in [0.3, 0.4) is 0 Å². The molecule has 0 saturated heterocycles. The number of nitrogen functional groups attached to an aromatic ring is 1. The summed E-state index contributed by atoms with van der Waals surface area (Å²) < 4.78 is 21.0. The van der Waals surface area contributed by atoms with Crippen LogP contribution in [0.4, 0.5) is 5.69 Å². The zero-order chi connectivity index (χ0) is 14.5. The first-order valence-electron chi connectivity index (χ1n) is 5.87. The Balaban J connectivity index is 2.29. The van der Waals surface area contributed by atoms with Crippen LogP contribution in [0.5, 0.6) is 29.0 Å². The summed E-state index contributed by atoms with van der Waals surface area (Å²) in [6.45, 7) is 0. The number of anilines is 1. The Morgan fingerprint density at radius 2 is 1.45 bits per heavy atom. The van der Waals surface area contributed by atoms with E-state index < -0.39 is 0 Å². The maximum atomic E-state index is 5.70. The van der Waals surface area contributed by atoms with E-state index in [1.807, 2.05) is 0 Å². The molecule has 0 bridgehead atoms. The van der Waals surface area contributed by atoms with Crippen LogP contribution in [0.1, 0.15) is 0 Å². The number of rotatable bonds is 5. The van der Waals surface area contributed by atoms with E-state index in [1.54, 1.807) is 44.6 Å². The van der Waals surface area contributed by atoms with Crippen molar-refractivity contribution in [3.63, 3.8) is 0 Å². The fourth-order valence-electron chi connectivity index (χ4n) is 1.62. The van der Waals surface area contributed by atoms with Gasteiger partial charge >= 0.3 is 0 Å². The van der Waals surface area contributed by atoms with E-state index >= 15 is 0 Å². The first-order chi connectivity index (χ1) is 9.66. The number of methoxy groups -OCH3 is 3. The van der Waals surface area contributed by atoms with Gasteiger partial charge in [0, 0.05) is 24.3 Å². The number of pyridine rings is 1. The second-order valence-corrected chi connectivity index (χ2v) is 3.90. The van der Waals surface area contributed by atoms with Crippen LogP contribution in [0.15, 0.2) is 30.3 Å². The molecule has 0 aliphatic rings. The second-order valence-electron chi connectivity index (χ2n) is 3.90. The van der Waals surface area contributed by atoms with Gasteiger partial charge in [0.15, 0.2) is 0 Å². The van der Waals surface area contributed by atoms with Crippen LogP contribution in [0, 0.1) is 0 Å². The van der Waals surface area contributed by atoms with Gasteiger partial charge in [-0.1, -0.05) is 0 Å². The van der Waals surface area contributed by atoms with Crippen molar-refractivity contribution in [1.82, 2.24) is 4.98 Å². The van der Waals surface area contributed by atoms with Gasteiger partial charge in [-0.2, -0.15) is 4.98 Å². The van der Waals surface area contributed by atoms with E-state index in [1.165, 1.54) is 7.11 Å². The number of hydrogen-bond acceptors (Lipinski definition) is 6. The van der Waals surface area contributed by atoms with E-state index in [0.29, 0.717) is 34.7 Å². The zero-order valence-corrected chi connectivity index (χ0v) is 11.5. The van der Waals surface area contributed by atoms with E-state index in [0.717, 1.165) is 0 Å². The van der Waals surface area contributed by atoms with Crippen LogP contribution in [0.2, 0.25) is 0 Å². The van der Waals surface area contributed by atoms with Crippen LogP contribution in [-0.4, -0.2) is 26.3 Å². The number of benzene rings is 1. The number of nitrogens with zero attached hydrogens (tertiary/aromatic N) is 1. The molecule has 0 aliphatic carbocycles. The third-order valence-corrected chi connectivity index (χ3v) is 2.60. The molecule has 1 aromatic carbocycles.